The van der Waals surface area contributed by atoms with Crippen molar-refractivity contribution in [3.05, 3.63) is 47.4 Å². The molecule has 1 N–H and O–H groups in total. The zero-order valence-electron chi connectivity index (χ0n) is 14.5. The molecule has 1 amide bonds. The van der Waals surface area contributed by atoms with Gasteiger partial charge in [-0.25, -0.2) is 9.97 Å². The van der Waals surface area contributed by atoms with Crippen LogP contribution in [-0.4, -0.2) is 29.0 Å². The van der Waals surface area contributed by atoms with Crippen molar-refractivity contribution in [1.82, 2.24) is 9.97 Å². The van der Waals surface area contributed by atoms with Crippen molar-refractivity contribution >= 4 is 17.4 Å². The number of anilines is 2. The van der Waals surface area contributed by atoms with Crippen LogP contribution in [0.3, 0.4) is 0 Å². The molecule has 0 saturated carbocycles. The molecule has 0 radical (unpaired) electrons. The maximum absolute atomic E-state index is 12.5. The first-order chi connectivity index (χ1) is 11.5. The summed E-state index contributed by atoms with van der Waals surface area (Å²) < 4.78 is 0. The van der Waals surface area contributed by atoms with Crippen LogP contribution < -0.4 is 10.2 Å². The number of benzene rings is 1. The predicted octanol–water partition coefficient (Wildman–Crippen LogP) is 3.58. The Labute approximate surface area is 143 Å². The third kappa shape index (κ3) is 3.72. The molecule has 5 nitrogen and oxygen atoms in total. The van der Waals surface area contributed by atoms with Crippen LogP contribution in [0.5, 0.6) is 0 Å². The lowest BCUT2D eigenvalue weighted by Gasteiger charge is -2.31. The molecule has 1 aromatic carbocycles. The summed E-state index contributed by atoms with van der Waals surface area (Å²) in [7, 11) is 0. The number of nitrogens with one attached hydrogen (secondary N) is 1. The first kappa shape index (κ1) is 16.4. The Balaban J connectivity index is 1.73. The fourth-order valence-corrected chi connectivity index (χ4v) is 2.90. The summed E-state index contributed by atoms with van der Waals surface area (Å²) in [5.41, 5.74) is 3.54. The summed E-state index contributed by atoms with van der Waals surface area (Å²) in [5.74, 6) is 1.39. The van der Waals surface area contributed by atoms with Crippen LogP contribution in [0.1, 0.15) is 41.4 Å². The van der Waals surface area contributed by atoms with Crippen molar-refractivity contribution in [1.29, 1.82) is 0 Å². The van der Waals surface area contributed by atoms with Gasteiger partial charge in [-0.05, 0) is 55.9 Å². The van der Waals surface area contributed by atoms with E-state index >= 15 is 0 Å². The van der Waals surface area contributed by atoms with E-state index in [0.29, 0.717) is 5.69 Å². The van der Waals surface area contributed by atoms with Crippen LogP contribution in [0.25, 0.3) is 0 Å². The van der Waals surface area contributed by atoms with E-state index in [9.17, 15) is 4.79 Å². The quantitative estimate of drug-likeness (QED) is 0.937. The van der Waals surface area contributed by atoms with E-state index in [2.05, 4.69) is 34.0 Å². The van der Waals surface area contributed by atoms with Crippen LogP contribution in [0, 0.1) is 19.8 Å². The number of hydrogen-bond acceptors (Lipinski definition) is 4. The Bertz CT molecular complexity index is 736. The highest BCUT2D eigenvalue weighted by Gasteiger charge is 2.18. The molecule has 1 saturated heterocycles. The summed E-state index contributed by atoms with van der Waals surface area (Å²) in [6.07, 6.45) is 3.80. The molecule has 0 spiro atoms. The van der Waals surface area contributed by atoms with Crippen LogP contribution in [0.4, 0.5) is 11.5 Å². The van der Waals surface area contributed by atoms with Gasteiger partial charge in [0.1, 0.15) is 17.8 Å². The highest BCUT2D eigenvalue weighted by atomic mass is 16.1. The molecular formula is C19H24N4O. The van der Waals surface area contributed by atoms with Gasteiger partial charge in [-0.2, -0.15) is 0 Å². The van der Waals surface area contributed by atoms with E-state index in [4.69, 9.17) is 0 Å². The van der Waals surface area contributed by atoms with Gasteiger partial charge in [-0.1, -0.05) is 13.0 Å². The molecule has 0 atom stereocenters. The Morgan fingerprint density at radius 3 is 2.58 bits per heavy atom. The molecular weight excluding hydrogens is 300 g/mol. The van der Waals surface area contributed by atoms with Crippen molar-refractivity contribution in [2.75, 3.05) is 23.3 Å². The third-order valence-corrected chi connectivity index (χ3v) is 4.76. The monoisotopic (exact) mass is 324 g/mol. The first-order valence-corrected chi connectivity index (χ1v) is 8.48. The minimum Gasteiger partial charge on any atom is -0.356 e. The van der Waals surface area contributed by atoms with Gasteiger partial charge in [0.2, 0.25) is 0 Å². The number of amides is 1. The van der Waals surface area contributed by atoms with E-state index < -0.39 is 0 Å². The van der Waals surface area contributed by atoms with Gasteiger partial charge in [-0.15, -0.1) is 0 Å². The number of piperidine rings is 1. The molecule has 24 heavy (non-hydrogen) atoms. The number of hydrogen-bond donors (Lipinski definition) is 1. The molecule has 126 valence electrons. The Morgan fingerprint density at radius 2 is 1.88 bits per heavy atom. The molecule has 0 bridgehead atoms. The number of carbonyl (C=O) groups is 1. The molecule has 1 aliphatic heterocycles. The van der Waals surface area contributed by atoms with Gasteiger partial charge in [-0.3, -0.25) is 4.79 Å². The first-order valence-electron chi connectivity index (χ1n) is 8.48. The topological polar surface area (TPSA) is 58.1 Å². The van der Waals surface area contributed by atoms with E-state index in [0.717, 1.165) is 48.9 Å². The SMILES string of the molecule is Cc1ccc(NC(=O)c2cc(N3CCC(C)CC3)ncn2)cc1C. The van der Waals surface area contributed by atoms with Crippen molar-refractivity contribution in [3.63, 3.8) is 0 Å². The second-order valence-corrected chi connectivity index (χ2v) is 6.68. The van der Waals surface area contributed by atoms with Gasteiger partial charge < -0.3 is 10.2 Å². The molecule has 2 heterocycles. The highest BCUT2D eigenvalue weighted by molar-refractivity contribution is 6.03. The number of nitrogens with zero attached hydrogens (tertiary/aromatic N) is 3. The van der Waals surface area contributed by atoms with Crippen LogP contribution in [-0.2, 0) is 0 Å². The Hall–Kier alpha value is -2.43. The van der Waals surface area contributed by atoms with Gasteiger partial charge in [0, 0.05) is 24.8 Å². The van der Waals surface area contributed by atoms with Crippen molar-refractivity contribution in [3.8, 4) is 0 Å². The smallest absolute Gasteiger partial charge is 0.274 e. The van der Waals surface area contributed by atoms with E-state index in [1.165, 1.54) is 11.9 Å². The maximum atomic E-state index is 12.5. The van der Waals surface area contributed by atoms with Crippen molar-refractivity contribution < 1.29 is 4.79 Å². The number of aromatic nitrogens is 2. The number of carbonyl (C=O) groups excluding carboxylic acids is 1. The van der Waals surface area contributed by atoms with E-state index in [1.54, 1.807) is 6.07 Å². The average Bonchev–Trinajstić information content (AvgIpc) is 2.59. The van der Waals surface area contributed by atoms with Crippen molar-refractivity contribution in [2.45, 2.75) is 33.6 Å². The molecule has 1 aromatic heterocycles. The molecule has 3 rings (SSSR count). The van der Waals surface area contributed by atoms with E-state index in [1.807, 2.05) is 25.1 Å². The lowest BCUT2D eigenvalue weighted by atomic mass is 9.99. The standard InChI is InChI=1S/C19H24N4O/c1-13-6-8-23(9-7-13)18-11-17(20-12-21-18)19(24)22-16-5-4-14(2)15(3)10-16/h4-5,10-13H,6-9H2,1-3H3,(H,22,24). The minimum atomic E-state index is -0.202. The molecule has 0 unspecified atom stereocenters. The lowest BCUT2D eigenvalue weighted by molar-refractivity contribution is 0.102. The van der Waals surface area contributed by atoms with Crippen molar-refractivity contribution in [2.24, 2.45) is 5.92 Å². The van der Waals surface area contributed by atoms with E-state index in [-0.39, 0.29) is 5.91 Å². The molecule has 1 aliphatic rings. The molecule has 1 fully saturated rings. The highest BCUT2D eigenvalue weighted by Crippen LogP contribution is 2.21. The molecule has 5 heteroatoms. The summed E-state index contributed by atoms with van der Waals surface area (Å²) in [6, 6.07) is 7.67. The number of rotatable bonds is 3. The fourth-order valence-electron chi connectivity index (χ4n) is 2.90. The van der Waals surface area contributed by atoms with Crippen LogP contribution in [0.15, 0.2) is 30.6 Å². The number of aryl methyl sites for hydroxylation is 2. The van der Waals surface area contributed by atoms with Crippen LogP contribution in [0.2, 0.25) is 0 Å². The third-order valence-electron chi connectivity index (χ3n) is 4.76. The Morgan fingerprint density at radius 1 is 1.12 bits per heavy atom. The Kier molecular flexibility index (Phi) is 4.79. The summed E-state index contributed by atoms with van der Waals surface area (Å²) in [5, 5.41) is 2.92. The average molecular weight is 324 g/mol. The normalized spacial score (nSPS) is 15.4. The summed E-state index contributed by atoms with van der Waals surface area (Å²) in [4.78, 5) is 23.2. The summed E-state index contributed by atoms with van der Waals surface area (Å²) >= 11 is 0. The second-order valence-electron chi connectivity index (χ2n) is 6.68. The maximum Gasteiger partial charge on any atom is 0.274 e. The zero-order chi connectivity index (χ0) is 17.1. The zero-order valence-corrected chi connectivity index (χ0v) is 14.5. The lowest BCUT2D eigenvalue weighted by Crippen LogP contribution is -2.33. The van der Waals surface area contributed by atoms with Gasteiger partial charge in [0.05, 0.1) is 0 Å². The largest absolute Gasteiger partial charge is 0.356 e. The molecule has 2 aromatic rings. The minimum absolute atomic E-state index is 0.202. The predicted molar refractivity (Wildman–Crippen MR) is 96.5 cm³/mol. The summed E-state index contributed by atoms with van der Waals surface area (Å²) in [6.45, 7) is 8.33. The van der Waals surface area contributed by atoms with Gasteiger partial charge in [0.25, 0.3) is 5.91 Å². The molecule has 0 aliphatic carbocycles. The fraction of sp³-hybridized carbons (Fsp3) is 0.421. The second kappa shape index (κ2) is 6.99. The van der Waals surface area contributed by atoms with Crippen LogP contribution >= 0.6 is 0 Å². The van der Waals surface area contributed by atoms with Gasteiger partial charge in [0.15, 0.2) is 0 Å². The van der Waals surface area contributed by atoms with Gasteiger partial charge >= 0.3 is 0 Å².